The largest absolute Gasteiger partial charge is 0.376 e. The summed E-state index contributed by atoms with van der Waals surface area (Å²) >= 11 is 0. The molecule has 0 radical (unpaired) electrons. The molecule has 0 aliphatic heterocycles. The van der Waals surface area contributed by atoms with Crippen LogP contribution in [-0.4, -0.2) is 22.1 Å². The molecule has 0 saturated carbocycles. The number of hydrogen-bond acceptors (Lipinski definition) is 1. The summed E-state index contributed by atoms with van der Waals surface area (Å²) in [5.41, 5.74) is 0.329. The molecule has 1 atom stereocenters. The zero-order chi connectivity index (χ0) is 6.57. The Morgan fingerprint density at radius 1 is 1.62 bits per heavy atom. The van der Waals surface area contributed by atoms with Crippen LogP contribution in [0.15, 0.2) is 12.7 Å². The summed E-state index contributed by atoms with van der Waals surface area (Å²) in [6.07, 6.45) is 2.20. The Bertz CT molecular complexity index is 70.9. The molecule has 0 aliphatic rings. The summed E-state index contributed by atoms with van der Waals surface area (Å²) in [6, 6.07) is 0. The summed E-state index contributed by atoms with van der Waals surface area (Å²) in [4.78, 5) is 0. The molecule has 0 aromatic carbocycles. The van der Waals surface area contributed by atoms with Gasteiger partial charge in [-0.2, -0.15) is 0 Å². The van der Waals surface area contributed by atoms with Crippen molar-refractivity contribution in [2.24, 2.45) is 0 Å². The predicted octanol–water partition coefficient (Wildman–Crippen LogP) is 0.289. The maximum absolute atomic E-state index is 5.34. The van der Waals surface area contributed by atoms with Crippen molar-refractivity contribution >= 4 is 10.2 Å². The van der Waals surface area contributed by atoms with Crippen LogP contribution in [0, 0.1) is 0 Å². The lowest BCUT2D eigenvalue weighted by Gasteiger charge is -2.10. The molecule has 0 N–H and O–H groups in total. The van der Waals surface area contributed by atoms with E-state index in [1.807, 2.05) is 19.9 Å². The maximum Gasteiger partial charge on any atom is 0.0556 e. The topological polar surface area (TPSA) is 9.23 Å². The van der Waals surface area contributed by atoms with Gasteiger partial charge in [-0.15, -0.1) is 6.58 Å². The van der Waals surface area contributed by atoms with E-state index in [1.165, 1.54) is 0 Å². The average molecular weight is 130 g/mol. The summed E-state index contributed by atoms with van der Waals surface area (Å²) in [7, 11) is 1.05. The van der Waals surface area contributed by atoms with Crippen molar-refractivity contribution in [3.05, 3.63) is 12.7 Å². The Morgan fingerprint density at radius 2 is 2.12 bits per heavy atom. The first-order valence-corrected chi connectivity index (χ1v) is 4.10. The predicted molar refractivity (Wildman–Crippen MR) is 40.1 cm³/mol. The molecule has 8 heavy (non-hydrogen) atoms. The van der Waals surface area contributed by atoms with Gasteiger partial charge < -0.3 is 4.74 Å². The first-order chi connectivity index (χ1) is 3.66. The minimum atomic E-state index is 0.329. The third-order valence-corrected chi connectivity index (χ3v) is 1.56. The number of ether oxygens (including phenoxy) is 1. The van der Waals surface area contributed by atoms with E-state index in [1.54, 1.807) is 0 Å². The fourth-order valence-electron chi connectivity index (χ4n) is 0.485. The van der Waals surface area contributed by atoms with Gasteiger partial charge in [-0.25, -0.2) is 0 Å². The minimum Gasteiger partial charge on any atom is -0.376 e. The fourth-order valence-corrected chi connectivity index (χ4v) is 1.03. The standard InChI is InChI=1S/C6H14OSi/c1-4-6(8)7-5(2)3/h4-6H,1H2,2-3,8H3. The van der Waals surface area contributed by atoms with Crippen LogP contribution in [0.5, 0.6) is 0 Å². The molecular weight excluding hydrogens is 116 g/mol. The second-order valence-corrected chi connectivity index (χ2v) is 3.26. The van der Waals surface area contributed by atoms with Gasteiger partial charge in [0.05, 0.1) is 11.8 Å². The van der Waals surface area contributed by atoms with Gasteiger partial charge in [0.15, 0.2) is 0 Å². The van der Waals surface area contributed by atoms with Gasteiger partial charge in [0.1, 0.15) is 0 Å². The molecule has 1 unspecified atom stereocenters. The lowest BCUT2D eigenvalue weighted by molar-refractivity contribution is 0.0788. The number of rotatable bonds is 3. The van der Waals surface area contributed by atoms with Crippen molar-refractivity contribution in [2.75, 3.05) is 0 Å². The van der Waals surface area contributed by atoms with Crippen molar-refractivity contribution < 1.29 is 4.74 Å². The highest BCUT2D eigenvalue weighted by molar-refractivity contribution is 6.12. The highest BCUT2D eigenvalue weighted by Gasteiger charge is 1.96. The second kappa shape index (κ2) is 3.86. The average Bonchev–Trinajstić information content (AvgIpc) is 1.65. The highest BCUT2D eigenvalue weighted by Crippen LogP contribution is 1.92. The lowest BCUT2D eigenvalue weighted by atomic mass is 10.5. The molecule has 0 spiro atoms. The van der Waals surface area contributed by atoms with Crippen LogP contribution in [0.1, 0.15) is 13.8 Å². The van der Waals surface area contributed by atoms with Gasteiger partial charge >= 0.3 is 0 Å². The van der Waals surface area contributed by atoms with E-state index in [9.17, 15) is 0 Å². The van der Waals surface area contributed by atoms with Crippen LogP contribution in [-0.2, 0) is 4.74 Å². The molecule has 48 valence electrons. The van der Waals surface area contributed by atoms with Crippen LogP contribution in [0.3, 0.4) is 0 Å². The summed E-state index contributed by atoms with van der Waals surface area (Å²) in [5.74, 6) is 0. The Balaban J connectivity index is 3.23. The minimum absolute atomic E-state index is 0.329. The Hall–Kier alpha value is -0.0831. The molecule has 0 saturated heterocycles. The van der Waals surface area contributed by atoms with E-state index in [2.05, 4.69) is 6.58 Å². The Kier molecular flexibility index (Phi) is 3.82. The molecule has 0 aromatic rings. The van der Waals surface area contributed by atoms with Crippen LogP contribution in [0.25, 0.3) is 0 Å². The number of hydrogen-bond donors (Lipinski definition) is 0. The van der Waals surface area contributed by atoms with Crippen LogP contribution >= 0.6 is 0 Å². The Morgan fingerprint density at radius 3 is 2.25 bits per heavy atom. The smallest absolute Gasteiger partial charge is 0.0556 e. The van der Waals surface area contributed by atoms with E-state index < -0.39 is 0 Å². The fraction of sp³-hybridized carbons (Fsp3) is 0.667. The zero-order valence-electron chi connectivity index (χ0n) is 5.85. The highest BCUT2D eigenvalue weighted by atomic mass is 28.1. The van der Waals surface area contributed by atoms with Gasteiger partial charge in [0, 0.05) is 10.2 Å². The molecule has 0 fully saturated rings. The summed E-state index contributed by atoms with van der Waals surface area (Å²) < 4.78 is 5.34. The van der Waals surface area contributed by atoms with Crippen molar-refractivity contribution in [3.63, 3.8) is 0 Å². The van der Waals surface area contributed by atoms with E-state index >= 15 is 0 Å². The monoisotopic (exact) mass is 130 g/mol. The van der Waals surface area contributed by atoms with Crippen molar-refractivity contribution in [2.45, 2.75) is 25.7 Å². The van der Waals surface area contributed by atoms with E-state index in [0.29, 0.717) is 11.8 Å². The van der Waals surface area contributed by atoms with Gasteiger partial charge in [0.2, 0.25) is 0 Å². The Labute approximate surface area is 54.2 Å². The van der Waals surface area contributed by atoms with E-state index in [4.69, 9.17) is 4.74 Å². The van der Waals surface area contributed by atoms with E-state index in [-0.39, 0.29) is 0 Å². The van der Waals surface area contributed by atoms with Crippen molar-refractivity contribution in [1.29, 1.82) is 0 Å². The molecule has 0 bridgehead atoms. The normalized spacial score (nSPS) is 14.4. The van der Waals surface area contributed by atoms with Crippen molar-refractivity contribution in [1.82, 2.24) is 0 Å². The molecule has 1 nitrogen and oxygen atoms in total. The lowest BCUT2D eigenvalue weighted by Crippen LogP contribution is -2.14. The molecule has 0 amide bonds. The zero-order valence-corrected chi connectivity index (χ0v) is 7.85. The van der Waals surface area contributed by atoms with Gasteiger partial charge in [-0.3, -0.25) is 0 Å². The van der Waals surface area contributed by atoms with Crippen LogP contribution < -0.4 is 0 Å². The molecule has 0 aliphatic carbocycles. The maximum atomic E-state index is 5.34. The molecule has 0 aromatic heterocycles. The molecule has 2 heteroatoms. The SMILES string of the molecule is C=CC([SiH3])OC(C)C. The first kappa shape index (κ1) is 7.92. The van der Waals surface area contributed by atoms with Gasteiger partial charge in [-0.05, 0) is 13.8 Å². The van der Waals surface area contributed by atoms with Gasteiger partial charge in [-0.1, -0.05) is 6.08 Å². The molecule has 0 rings (SSSR count). The second-order valence-electron chi connectivity index (χ2n) is 2.13. The third-order valence-electron chi connectivity index (χ3n) is 0.819. The first-order valence-electron chi connectivity index (χ1n) is 2.95. The van der Waals surface area contributed by atoms with Crippen LogP contribution in [0.4, 0.5) is 0 Å². The summed E-state index contributed by atoms with van der Waals surface area (Å²) in [6.45, 7) is 7.70. The molecular formula is C6H14OSi. The van der Waals surface area contributed by atoms with Crippen molar-refractivity contribution in [3.8, 4) is 0 Å². The third kappa shape index (κ3) is 4.09. The van der Waals surface area contributed by atoms with E-state index in [0.717, 1.165) is 10.2 Å². The quantitative estimate of drug-likeness (QED) is 0.394. The molecule has 0 heterocycles. The summed E-state index contributed by atoms with van der Waals surface area (Å²) in [5, 5.41) is 0. The van der Waals surface area contributed by atoms with Crippen LogP contribution in [0.2, 0.25) is 0 Å². The van der Waals surface area contributed by atoms with Gasteiger partial charge in [0.25, 0.3) is 0 Å².